The molecule has 0 saturated heterocycles. The Balaban J connectivity index is 1.89. The zero-order chi connectivity index (χ0) is 21.5. The molecule has 0 bridgehead atoms. The molecule has 4 nitrogen and oxygen atoms in total. The third-order valence-corrected chi connectivity index (χ3v) is 5.08. The van der Waals surface area contributed by atoms with Gasteiger partial charge in [0.25, 0.3) is 5.91 Å². The quantitative estimate of drug-likeness (QED) is 0.374. The fraction of sp³-hybridized carbons (Fsp3) is 0.0833. The summed E-state index contributed by atoms with van der Waals surface area (Å²) in [6.45, 7) is 0. The number of carbonyl (C=O) groups is 1. The molecule has 0 unspecified atom stereocenters. The molecule has 6 heteroatoms. The van der Waals surface area contributed by atoms with E-state index in [9.17, 15) is 14.4 Å². The van der Waals surface area contributed by atoms with Crippen LogP contribution in [-0.4, -0.2) is 13.0 Å². The van der Waals surface area contributed by atoms with Crippen molar-refractivity contribution in [1.29, 1.82) is 5.26 Å². The summed E-state index contributed by atoms with van der Waals surface area (Å²) >= 11 is 3.53. The second-order valence-corrected chi connectivity index (χ2v) is 7.33. The molecule has 0 heterocycles. The Hall–Kier alpha value is -3.43. The number of hydrogen-bond donors (Lipinski definition) is 1. The van der Waals surface area contributed by atoms with E-state index in [2.05, 4.69) is 21.2 Å². The molecular formula is C24H18BrFN2O2. The fourth-order valence-electron chi connectivity index (χ4n) is 2.95. The van der Waals surface area contributed by atoms with Crippen molar-refractivity contribution in [2.45, 2.75) is 6.42 Å². The highest BCUT2D eigenvalue weighted by atomic mass is 79.9. The van der Waals surface area contributed by atoms with Gasteiger partial charge < -0.3 is 10.1 Å². The number of benzene rings is 3. The van der Waals surface area contributed by atoms with Crippen molar-refractivity contribution in [3.05, 3.63) is 99.3 Å². The van der Waals surface area contributed by atoms with Gasteiger partial charge in [-0.1, -0.05) is 46.3 Å². The zero-order valence-corrected chi connectivity index (χ0v) is 17.7. The van der Waals surface area contributed by atoms with Gasteiger partial charge in [0.1, 0.15) is 23.2 Å². The maximum Gasteiger partial charge on any atom is 0.266 e. The number of nitrogens with one attached hydrogen (secondary N) is 1. The molecule has 1 N–H and O–H groups in total. The van der Waals surface area contributed by atoms with Gasteiger partial charge in [-0.25, -0.2) is 4.39 Å². The number of ether oxygens (including phenoxy) is 1. The van der Waals surface area contributed by atoms with Crippen molar-refractivity contribution in [2.75, 3.05) is 12.4 Å². The van der Waals surface area contributed by atoms with Crippen molar-refractivity contribution in [2.24, 2.45) is 0 Å². The van der Waals surface area contributed by atoms with E-state index >= 15 is 0 Å². The van der Waals surface area contributed by atoms with E-state index in [-0.39, 0.29) is 11.4 Å². The highest BCUT2D eigenvalue weighted by Crippen LogP contribution is 2.32. The van der Waals surface area contributed by atoms with Gasteiger partial charge in [0.05, 0.1) is 7.11 Å². The SMILES string of the molecule is COc1cc(/C=C(\C#N)C(=O)Nc2ccccc2)cc(Br)c1Cc1cccc(F)c1. The van der Waals surface area contributed by atoms with E-state index in [1.807, 2.05) is 18.2 Å². The lowest BCUT2D eigenvalue weighted by atomic mass is 10.0. The van der Waals surface area contributed by atoms with E-state index < -0.39 is 5.91 Å². The Morgan fingerprint density at radius 1 is 1.17 bits per heavy atom. The number of rotatable bonds is 6. The summed E-state index contributed by atoms with van der Waals surface area (Å²) in [7, 11) is 1.54. The summed E-state index contributed by atoms with van der Waals surface area (Å²) in [6, 6.07) is 20.8. The van der Waals surface area contributed by atoms with Crippen LogP contribution in [0.4, 0.5) is 10.1 Å². The predicted molar refractivity (Wildman–Crippen MR) is 119 cm³/mol. The minimum atomic E-state index is -0.498. The van der Waals surface area contributed by atoms with Crippen LogP contribution in [0.2, 0.25) is 0 Å². The molecule has 0 aromatic heterocycles. The molecule has 0 radical (unpaired) electrons. The van der Waals surface area contributed by atoms with Gasteiger partial charge in [0.15, 0.2) is 0 Å². The number of halogens is 2. The second kappa shape index (κ2) is 9.86. The first-order valence-electron chi connectivity index (χ1n) is 9.09. The number of para-hydroxylation sites is 1. The van der Waals surface area contributed by atoms with Gasteiger partial charge in [0, 0.05) is 22.1 Å². The van der Waals surface area contributed by atoms with Crippen LogP contribution in [0.1, 0.15) is 16.7 Å². The van der Waals surface area contributed by atoms with Crippen LogP contribution in [-0.2, 0) is 11.2 Å². The minimum Gasteiger partial charge on any atom is -0.496 e. The summed E-state index contributed by atoms with van der Waals surface area (Å²) in [5.41, 5.74) is 2.84. The van der Waals surface area contributed by atoms with Crippen LogP contribution in [0.25, 0.3) is 6.08 Å². The smallest absolute Gasteiger partial charge is 0.266 e. The lowest BCUT2D eigenvalue weighted by Gasteiger charge is -2.13. The van der Waals surface area contributed by atoms with Crippen LogP contribution in [0.3, 0.4) is 0 Å². The Morgan fingerprint density at radius 2 is 1.93 bits per heavy atom. The van der Waals surface area contributed by atoms with Crippen LogP contribution >= 0.6 is 15.9 Å². The average Bonchev–Trinajstić information content (AvgIpc) is 2.74. The highest BCUT2D eigenvalue weighted by Gasteiger charge is 2.14. The first-order valence-corrected chi connectivity index (χ1v) is 9.88. The van der Waals surface area contributed by atoms with E-state index in [0.29, 0.717) is 23.4 Å². The molecule has 0 fully saturated rings. The first-order chi connectivity index (χ1) is 14.5. The lowest BCUT2D eigenvalue weighted by Crippen LogP contribution is -2.13. The average molecular weight is 465 g/mol. The molecule has 30 heavy (non-hydrogen) atoms. The molecule has 1 amide bonds. The lowest BCUT2D eigenvalue weighted by molar-refractivity contribution is -0.112. The molecule has 0 saturated carbocycles. The van der Waals surface area contributed by atoms with Crippen molar-refractivity contribution in [3.8, 4) is 11.8 Å². The monoisotopic (exact) mass is 464 g/mol. The van der Waals surface area contributed by atoms with Crippen LogP contribution in [0.5, 0.6) is 5.75 Å². The van der Waals surface area contributed by atoms with Crippen molar-refractivity contribution in [3.63, 3.8) is 0 Å². The molecule has 3 aromatic rings. The third kappa shape index (κ3) is 5.34. The van der Waals surface area contributed by atoms with Gasteiger partial charge in [-0.3, -0.25) is 4.79 Å². The van der Waals surface area contributed by atoms with Gasteiger partial charge >= 0.3 is 0 Å². The maximum absolute atomic E-state index is 13.5. The standard InChI is InChI=1S/C24H18BrFN2O2/c1-30-23-14-17(10-18(15-27)24(29)28-20-8-3-2-4-9-20)13-22(25)21(23)12-16-6-5-7-19(26)11-16/h2-11,13-14H,12H2,1H3,(H,28,29)/b18-10+. The molecule has 150 valence electrons. The molecule has 3 rings (SSSR count). The summed E-state index contributed by atoms with van der Waals surface area (Å²) in [5.74, 6) is -0.228. The van der Waals surface area contributed by atoms with Crippen molar-refractivity contribution >= 4 is 33.6 Å². The second-order valence-electron chi connectivity index (χ2n) is 6.48. The Bertz CT molecular complexity index is 1140. The number of nitrogens with zero attached hydrogens (tertiary/aromatic N) is 1. The van der Waals surface area contributed by atoms with Gasteiger partial charge in [-0.05, 0) is 53.6 Å². The van der Waals surface area contributed by atoms with Crippen molar-refractivity contribution < 1.29 is 13.9 Å². The Kier molecular flexibility index (Phi) is 6.99. The van der Waals surface area contributed by atoms with E-state index in [1.54, 1.807) is 42.5 Å². The zero-order valence-electron chi connectivity index (χ0n) is 16.2. The maximum atomic E-state index is 13.5. The summed E-state index contributed by atoms with van der Waals surface area (Å²) in [5, 5.41) is 12.1. The molecule has 0 spiro atoms. The largest absolute Gasteiger partial charge is 0.496 e. The van der Waals surface area contributed by atoms with Gasteiger partial charge in [0.2, 0.25) is 0 Å². The topological polar surface area (TPSA) is 62.1 Å². The van der Waals surface area contributed by atoms with Gasteiger partial charge in [-0.15, -0.1) is 0 Å². The number of methoxy groups -OCH3 is 1. The number of anilines is 1. The summed E-state index contributed by atoms with van der Waals surface area (Å²) < 4.78 is 19.8. The van der Waals surface area contributed by atoms with Crippen molar-refractivity contribution in [1.82, 2.24) is 0 Å². The molecule has 0 atom stereocenters. The predicted octanol–water partition coefficient (Wildman–Crippen LogP) is 5.73. The molecule has 3 aromatic carbocycles. The molecular weight excluding hydrogens is 447 g/mol. The third-order valence-electron chi connectivity index (χ3n) is 4.37. The van der Waals surface area contributed by atoms with Crippen LogP contribution in [0.15, 0.2) is 76.8 Å². The molecule has 0 aliphatic carbocycles. The number of hydrogen-bond acceptors (Lipinski definition) is 3. The van der Waals surface area contributed by atoms with Crippen LogP contribution < -0.4 is 10.1 Å². The van der Waals surface area contributed by atoms with E-state index in [0.717, 1.165) is 15.6 Å². The normalized spacial score (nSPS) is 10.9. The van der Waals surface area contributed by atoms with Gasteiger partial charge in [-0.2, -0.15) is 5.26 Å². The number of amides is 1. The Labute approximate surface area is 182 Å². The number of nitriles is 1. The molecule has 0 aliphatic heterocycles. The van der Waals surface area contributed by atoms with E-state index in [4.69, 9.17) is 4.74 Å². The minimum absolute atomic E-state index is 0.0364. The summed E-state index contributed by atoms with van der Waals surface area (Å²) in [6.07, 6.45) is 1.96. The molecule has 0 aliphatic rings. The van der Waals surface area contributed by atoms with E-state index in [1.165, 1.54) is 25.3 Å². The fourth-order valence-corrected chi connectivity index (χ4v) is 3.55. The Morgan fingerprint density at radius 3 is 2.60 bits per heavy atom. The highest BCUT2D eigenvalue weighted by molar-refractivity contribution is 9.10. The summed E-state index contributed by atoms with van der Waals surface area (Å²) in [4.78, 5) is 12.4. The first kappa shape index (κ1) is 21.3. The number of carbonyl (C=O) groups excluding carboxylic acids is 1. The van der Waals surface area contributed by atoms with Crippen LogP contribution in [0, 0.1) is 17.1 Å².